The molecule has 0 aliphatic rings. The molecule has 6 nitrogen and oxygen atoms in total. The number of aromatic nitrogens is 2. The molecule has 2 aromatic heterocycles. The van der Waals surface area contributed by atoms with Crippen molar-refractivity contribution in [1.29, 1.82) is 0 Å². The van der Waals surface area contributed by atoms with Gasteiger partial charge in [0.05, 0.1) is 12.1 Å². The summed E-state index contributed by atoms with van der Waals surface area (Å²) in [6.45, 7) is 2.75. The van der Waals surface area contributed by atoms with Crippen LogP contribution < -0.4 is 21.2 Å². The number of nitrogens with one attached hydrogen (secondary N) is 3. The first-order valence-electron chi connectivity index (χ1n) is 7.37. The number of ether oxygens (including phenoxy) is 1. The first kappa shape index (κ1) is 14.9. The van der Waals surface area contributed by atoms with Crippen molar-refractivity contribution in [2.24, 2.45) is 0 Å². The number of hydrogen-bond donors (Lipinski definition) is 3. The van der Waals surface area contributed by atoms with Crippen LogP contribution in [0.25, 0.3) is 10.9 Å². The third-order valence-electron chi connectivity index (χ3n) is 3.49. The Morgan fingerprint density at radius 1 is 1.13 bits per heavy atom. The molecular formula is C17H17N3O3. The lowest BCUT2D eigenvalue weighted by atomic mass is 10.1. The quantitative estimate of drug-likeness (QED) is 0.674. The zero-order valence-electron chi connectivity index (χ0n) is 12.7. The van der Waals surface area contributed by atoms with E-state index < -0.39 is 0 Å². The van der Waals surface area contributed by atoms with Crippen molar-refractivity contribution in [3.63, 3.8) is 0 Å². The van der Waals surface area contributed by atoms with Crippen molar-refractivity contribution >= 4 is 16.6 Å². The molecule has 118 valence electrons. The molecule has 6 heteroatoms. The highest BCUT2D eigenvalue weighted by Crippen LogP contribution is 2.19. The molecule has 0 aliphatic heterocycles. The second-order valence-electron chi connectivity index (χ2n) is 5.07. The second-order valence-corrected chi connectivity index (χ2v) is 5.07. The topological polar surface area (TPSA) is 87.0 Å². The third kappa shape index (κ3) is 3.26. The molecule has 2 heterocycles. The van der Waals surface area contributed by atoms with E-state index in [0.29, 0.717) is 17.9 Å². The van der Waals surface area contributed by atoms with Gasteiger partial charge in [-0.2, -0.15) is 0 Å². The predicted octanol–water partition coefficient (Wildman–Crippen LogP) is 2.23. The average molecular weight is 311 g/mol. The first-order valence-corrected chi connectivity index (χ1v) is 7.37. The second kappa shape index (κ2) is 6.39. The van der Waals surface area contributed by atoms with E-state index in [1.807, 2.05) is 25.1 Å². The van der Waals surface area contributed by atoms with Gasteiger partial charge in [0, 0.05) is 24.4 Å². The average Bonchev–Trinajstić information content (AvgIpc) is 2.54. The fourth-order valence-corrected chi connectivity index (χ4v) is 2.36. The molecule has 0 fully saturated rings. The van der Waals surface area contributed by atoms with Crippen LogP contribution in [0.1, 0.15) is 12.5 Å². The van der Waals surface area contributed by atoms with E-state index in [-0.39, 0.29) is 17.7 Å². The highest BCUT2D eigenvalue weighted by molar-refractivity contribution is 5.80. The van der Waals surface area contributed by atoms with Gasteiger partial charge in [-0.3, -0.25) is 9.59 Å². The van der Waals surface area contributed by atoms with Gasteiger partial charge in [0.15, 0.2) is 0 Å². The van der Waals surface area contributed by atoms with E-state index in [2.05, 4.69) is 15.3 Å². The maximum Gasteiger partial charge on any atom is 0.271 e. The molecule has 0 aliphatic carbocycles. The van der Waals surface area contributed by atoms with Crippen molar-refractivity contribution in [3.8, 4) is 5.75 Å². The lowest BCUT2D eigenvalue weighted by molar-refractivity contribution is 0.340. The molecule has 3 aromatic rings. The monoisotopic (exact) mass is 311 g/mol. The number of rotatable bonds is 5. The zero-order valence-corrected chi connectivity index (χ0v) is 12.7. The lowest BCUT2D eigenvalue weighted by Gasteiger charge is -2.08. The fraction of sp³-hybridized carbons (Fsp3) is 0.176. The van der Waals surface area contributed by atoms with Crippen molar-refractivity contribution in [2.75, 3.05) is 11.9 Å². The zero-order chi connectivity index (χ0) is 16.2. The summed E-state index contributed by atoms with van der Waals surface area (Å²) >= 11 is 0. The number of H-pyrrole nitrogens is 2. The van der Waals surface area contributed by atoms with Crippen molar-refractivity contribution in [1.82, 2.24) is 9.97 Å². The number of aromatic amines is 2. The van der Waals surface area contributed by atoms with Crippen LogP contribution in [-0.2, 0) is 6.54 Å². The molecule has 0 bridgehead atoms. The number of fused-ring (bicyclic) bond motifs is 1. The molecule has 23 heavy (non-hydrogen) atoms. The summed E-state index contributed by atoms with van der Waals surface area (Å²) in [5.74, 6) is 0.720. The van der Waals surface area contributed by atoms with Crippen molar-refractivity contribution in [3.05, 3.63) is 68.9 Å². The SMILES string of the molecule is CCOc1ccc2cc(CNc3ccc[nH]c3=O)c(=O)[nH]c2c1. The number of hydrogen-bond acceptors (Lipinski definition) is 4. The van der Waals surface area contributed by atoms with Crippen LogP contribution in [0, 0.1) is 0 Å². The molecule has 0 radical (unpaired) electrons. The highest BCUT2D eigenvalue weighted by atomic mass is 16.5. The van der Waals surface area contributed by atoms with Gasteiger partial charge in [0.25, 0.3) is 11.1 Å². The van der Waals surface area contributed by atoms with Gasteiger partial charge in [-0.05, 0) is 42.6 Å². The van der Waals surface area contributed by atoms with Crippen LogP contribution in [0.2, 0.25) is 0 Å². The smallest absolute Gasteiger partial charge is 0.271 e. The molecule has 3 N–H and O–H groups in total. The minimum atomic E-state index is -0.217. The van der Waals surface area contributed by atoms with Gasteiger partial charge in [-0.25, -0.2) is 0 Å². The van der Waals surface area contributed by atoms with Crippen LogP contribution >= 0.6 is 0 Å². The largest absolute Gasteiger partial charge is 0.494 e. The van der Waals surface area contributed by atoms with Gasteiger partial charge in [-0.1, -0.05) is 0 Å². The molecule has 0 amide bonds. The summed E-state index contributed by atoms with van der Waals surface area (Å²) < 4.78 is 5.43. The third-order valence-corrected chi connectivity index (χ3v) is 3.49. The van der Waals surface area contributed by atoms with Crippen LogP contribution in [-0.4, -0.2) is 16.6 Å². The Bertz CT molecular complexity index is 943. The summed E-state index contributed by atoms with van der Waals surface area (Å²) in [7, 11) is 0. The van der Waals surface area contributed by atoms with Gasteiger partial charge in [0.2, 0.25) is 0 Å². The van der Waals surface area contributed by atoms with E-state index in [4.69, 9.17) is 4.74 Å². The molecule has 0 saturated heterocycles. The van der Waals surface area contributed by atoms with E-state index in [1.54, 1.807) is 24.4 Å². The van der Waals surface area contributed by atoms with Crippen LogP contribution in [0.15, 0.2) is 52.2 Å². The highest BCUT2D eigenvalue weighted by Gasteiger charge is 2.05. The fourth-order valence-electron chi connectivity index (χ4n) is 2.36. The molecule has 0 saturated carbocycles. The van der Waals surface area contributed by atoms with E-state index >= 15 is 0 Å². The number of anilines is 1. The Kier molecular flexibility index (Phi) is 4.14. The molecule has 0 spiro atoms. The lowest BCUT2D eigenvalue weighted by Crippen LogP contribution is -2.18. The van der Waals surface area contributed by atoms with Gasteiger partial charge < -0.3 is 20.0 Å². The van der Waals surface area contributed by atoms with Crippen LogP contribution in [0.3, 0.4) is 0 Å². The minimum Gasteiger partial charge on any atom is -0.494 e. The Hall–Kier alpha value is -3.02. The maximum absolute atomic E-state index is 12.2. The molecular weight excluding hydrogens is 294 g/mol. The molecule has 3 rings (SSSR count). The minimum absolute atomic E-state index is 0.189. The molecule has 0 atom stereocenters. The molecule has 0 unspecified atom stereocenters. The predicted molar refractivity (Wildman–Crippen MR) is 90.1 cm³/mol. The number of benzene rings is 1. The van der Waals surface area contributed by atoms with Gasteiger partial charge in [-0.15, -0.1) is 0 Å². The Labute approximate surface area is 132 Å². The Balaban J connectivity index is 1.88. The summed E-state index contributed by atoms with van der Waals surface area (Å²) in [5, 5.41) is 3.89. The summed E-state index contributed by atoms with van der Waals surface area (Å²) in [6.07, 6.45) is 1.56. The van der Waals surface area contributed by atoms with Crippen molar-refractivity contribution in [2.45, 2.75) is 13.5 Å². The van der Waals surface area contributed by atoms with E-state index in [0.717, 1.165) is 16.7 Å². The first-order chi connectivity index (χ1) is 11.2. The Morgan fingerprint density at radius 2 is 2.00 bits per heavy atom. The number of pyridine rings is 2. The maximum atomic E-state index is 12.2. The molecule has 1 aromatic carbocycles. The standard InChI is InChI=1S/C17H17N3O3/c1-2-23-13-6-5-11-8-12(16(21)20-15(11)9-13)10-19-14-4-3-7-18-17(14)22/h3-9,19H,2,10H2,1H3,(H,18,22)(H,20,21). The van der Waals surface area contributed by atoms with E-state index in [1.165, 1.54) is 0 Å². The summed E-state index contributed by atoms with van der Waals surface area (Å²) in [5.41, 5.74) is 1.31. The van der Waals surface area contributed by atoms with Gasteiger partial charge in [0.1, 0.15) is 11.4 Å². The summed E-state index contributed by atoms with van der Waals surface area (Å²) in [6, 6.07) is 10.8. The van der Waals surface area contributed by atoms with Crippen LogP contribution in [0.4, 0.5) is 5.69 Å². The summed E-state index contributed by atoms with van der Waals surface area (Å²) in [4.78, 5) is 29.2. The van der Waals surface area contributed by atoms with E-state index in [9.17, 15) is 9.59 Å². The Morgan fingerprint density at radius 3 is 2.78 bits per heavy atom. The van der Waals surface area contributed by atoms with Gasteiger partial charge >= 0.3 is 0 Å². The normalized spacial score (nSPS) is 10.7. The van der Waals surface area contributed by atoms with Crippen molar-refractivity contribution < 1.29 is 4.74 Å². The van der Waals surface area contributed by atoms with Crippen LogP contribution in [0.5, 0.6) is 5.75 Å².